The number of rotatable bonds is 2. The maximum absolute atomic E-state index is 10.6. The highest BCUT2D eigenvalue weighted by molar-refractivity contribution is 5.84. The lowest BCUT2D eigenvalue weighted by atomic mass is 10.3. The van der Waals surface area contributed by atoms with Crippen LogP contribution in [0.4, 0.5) is 10.5 Å². The normalized spacial score (nSPS) is 10.1. The van der Waals surface area contributed by atoms with Gasteiger partial charge in [0.2, 0.25) is 0 Å². The second-order valence-corrected chi connectivity index (χ2v) is 3.26. The summed E-state index contributed by atoms with van der Waals surface area (Å²) < 4.78 is 1.92. The van der Waals surface area contributed by atoms with E-state index >= 15 is 0 Å². The number of anilines is 1. The fraction of sp³-hybridized carbons (Fsp3) is 0. The Morgan fingerprint density at radius 2 is 1.75 bits per heavy atom. The van der Waals surface area contributed by atoms with E-state index in [2.05, 4.69) is 0 Å². The summed E-state index contributed by atoms with van der Waals surface area (Å²) in [6.45, 7) is 0. The highest BCUT2D eigenvalue weighted by Gasteiger charge is 2.08. The number of carboxylic acid groups (broad SMARTS) is 1. The van der Waals surface area contributed by atoms with E-state index in [4.69, 9.17) is 10.9 Å². The molecule has 0 atom stereocenters. The van der Waals surface area contributed by atoms with Gasteiger partial charge in [0.15, 0.2) is 0 Å². The van der Waals surface area contributed by atoms with Crippen LogP contribution in [0.3, 0.4) is 0 Å². The second kappa shape index (κ2) is 4.08. The monoisotopic (exact) mass is 217 g/mol. The molecule has 1 amide bonds. The van der Waals surface area contributed by atoms with Gasteiger partial charge in [-0.05, 0) is 36.4 Å². The van der Waals surface area contributed by atoms with Crippen molar-refractivity contribution in [2.75, 3.05) is 5.01 Å². The van der Waals surface area contributed by atoms with Crippen molar-refractivity contribution in [2.45, 2.75) is 0 Å². The second-order valence-electron chi connectivity index (χ2n) is 3.26. The SMILES string of the molecule is NN(C(=O)O)c1ccc(-n2cccc2)cc1. The lowest BCUT2D eigenvalue weighted by Gasteiger charge is -2.12. The maximum Gasteiger partial charge on any atom is 0.426 e. The minimum Gasteiger partial charge on any atom is -0.464 e. The van der Waals surface area contributed by atoms with Crippen LogP contribution in [0, 0.1) is 0 Å². The predicted molar refractivity (Wildman–Crippen MR) is 60.5 cm³/mol. The maximum atomic E-state index is 10.6. The van der Waals surface area contributed by atoms with Crippen LogP contribution in [0.15, 0.2) is 48.8 Å². The molecule has 0 radical (unpaired) electrons. The molecule has 0 spiro atoms. The molecule has 0 aliphatic heterocycles. The average Bonchev–Trinajstić information content (AvgIpc) is 2.81. The first kappa shape index (κ1) is 10.3. The molecule has 0 bridgehead atoms. The lowest BCUT2D eigenvalue weighted by molar-refractivity contribution is 0.202. The Kier molecular flexibility index (Phi) is 2.61. The van der Waals surface area contributed by atoms with E-state index in [1.807, 2.05) is 29.1 Å². The quantitative estimate of drug-likeness (QED) is 0.458. The molecular weight excluding hydrogens is 206 g/mol. The number of nitrogens with zero attached hydrogens (tertiary/aromatic N) is 2. The summed E-state index contributed by atoms with van der Waals surface area (Å²) in [5.41, 5.74) is 1.39. The fourth-order valence-electron chi connectivity index (χ4n) is 1.40. The Morgan fingerprint density at radius 1 is 1.19 bits per heavy atom. The highest BCUT2D eigenvalue weighted by Crippen LogP contribution is 2.15. The Balaban J connectivity index is 2.26. The van der Waals surface area contributed by atoms with E-state index in [1.54, 1.807) is 24.3 Å². The summed E-state index contributed by atoms with van der Waals surface area (Å²) in [6, 6.07) is 10.8. The topological polar surface area (TPSA) is 71.5 Å². The molecule has 1 heterocycles. The molecule has 2 rings (SSSR count). The van der Waals surface area contributed by atoms with Gasteiger partial charge in [0.05, 0.1) is 5.69 Å². The van der Waals surface area contributed by atoms with Crippen LogP contribution in [0.2, 0.25) is 0 Å². The van der Waals surface area contributed by atoms with E-state index in [9.17, 15) is 4.79 Å². The first-order chi connectivity index (χ1) is 7.68. The summed E-state index contributed by atoms with van der Waals surface area (Å²) in [4.78, 5) is 10.6. The zero-order valence-electron chi connectivity index (χ0n) is 8.45. The number of nitrogens with two attached hydrogens (primary N) is 1. The van der Waals surface area contributed by atoms with Crippen LogP contribution in [0.1, 0.15) is 0 Å². The van der Waals surface area contributed by atoms with Crippen LogP contribution in [-0.2, 0) is 0 Å². The Hall–Kier alpha value is -2.27. The fourth-order valence-corrected chi connectivity index (χ4v) is 1.40. The standard InChI is InChI=1S/C11H11N3O2/c12-14(11(15)16)10-5-3-9(4-6-10)13-7-1-2-8-13/h1-8H,12H2,(H,15,16). The zero-order chi connectivity index (χ0) is 11.5. The lowest BCUT2D eigenvalue weighted by Crippen LogP contribution is -2.35. The molecule has 1 aromatic carbocycles. The van der Waals surface area contributed by atoms with Gasteiger partial charge in [-0.3, -0.25) is 0 Å². The third kappa shape index (κ3) is 1.89. The summed E-state index contributed by atoms with van der Waals surface area (Å²) in [7, 11) is 0. The highest BCUT2D eigenvalue weighted by atomic mass is 16.4. The molecule has 0 unspecified atom stereocenters. The smallest absolute Gasteiger partial charge is 0.426 e. The molecule has 0 saturated carbocycles. The van der Waals surface area contributed by atoms with Gasteiger partial charge in [-0.2, -0.15) is 0 Å². The summed E-state index contributed by atoms with van der Waals surface area (Å²) in [5, 5.41) is 9.36. The van der Waals surface area contributed by atoms with Gasteiger partial charge in [-0.1, -0.05) is 0 Å². The van der Waals surface area contributed by atoms with E-state index in [-0.39, 0.29) is 0 Å². The van der Waals surface area contributed by atoms with Crippen molar-refractivity contribution >= 4 is 11.8 Å². The number of hydrogen-bond acceptors (Lipinski definition) is 2. The minimum absolute atomic E-state index is 0.434. The predicted octanol–water partition coefficient (Wildman–Crippen LogP) is 1.84. The summed E-state index contributed by atoms with van der Waals surface area (Å²) in [5.74, 6) is 5.33. The van der Waals surface area contributed by atoms with Gasteiger partial charge >= 0.3 is 6.09 Å². The van der Waals surface area contributed by atoms with Crippen LogP contribution < -0.4 is 10.9 Å². The van der Waals surface area contributed by atoms with Crippen molar-refractivity contribution in [1.82, 2.24) is 4.57 Å². The molecular formula is C11H11N3O2. The molecule has 5 heteroatoms. The van der Waals surface area contributed by atoms with Crippen molar-refractivity contribution in [3.63, 3.8) is 0 Å². The van der Waals surface area contributed by atoms with Crippen molar-refractivity contribution in [3.8, 4) is 5.69 Å². The third-order valence-electron chi connectivity index (χ3n) is 2.24. The first-order valence-corrected chi connectivity index (χ1v) is 4.69. The van der Waals surface area contributed by atoms with Crippen LogP contribution in [0.25, 0.3) is 5.69 Å². The third-order valence-corrected chi connectivity index (χ3v) is 2.24. The van der Waals surface area contributed by atoms with Crippen LogP contribution >= 0.6 is 0 Å². The van der Waals surface area contributed by atoms with Gasteiger partial charge in [0.25, 0.3) is 0 Å². The summed E-state index contributed by atoms with van der Waals surface area (Å²) in [6.07, 6.45) is 2.63. The molecule has 82 valence electrons. The molecule has 16 heavy (non-hydrogen) atoms. The van der Waals surface area contributed by atoms with Gasteiger partial charge in [0.1, 0.15) is 0 Å². The average molecular weight is 217 g/mol. The molecule has 0 aliphatic carbocycles. The van der Waals surface area contributed by atoms with Crippen LogP contribution in [-0.4, -0.2) is 15.8 Å². The van der Waals surface area contributed by atoms with Gasteiger partial charge in [0, 0.05) is 18.1 Å². The zero-order valence-corrected chi connectivity index (χ0v) is 8.45. The van der Waals surface area contributed by atoms with Gasteiger partial charge in [-0.15, -0.1) is 0 Å². The first-order valence-electron chi connectivity index (χ1n) is 4.69. The van der Waals surface area contributed by atoms with Crippen molar-refractivity contribution in [1.29, 1.82) is 0 Å². The molecule has 3 N–H and O–H groups in total. The molecule has 5 nitrogen and oxygen atoms in total. The van der Waals surface area contributed by atoms with Gasteiger partial charge < -0.3 is 9.67 Å². The molecule has 0 fully saturated rings. The minimum atomic E-state index is -1.19. The van der Waals surface area contributed by atoms with E-state index in [1.165, 1.54) is 0 Å². The molecule has 0 aliphatic rings. The van der Waals surface area contributed by atoms with E-state index in [0.717, 1.165) is 5.69 Å². The van der Waals surface area contributed by atoms with Crippen molar-refractivity contribution in [2.24, 2.45) is 5.84 Å². The van der Waals surface area contributed by atoms with Crippen LogP contribution in [0.5, 0.6) is 0 Å². The number of amides is 1. The number of aromatic nitrogens is 1. The Bertz CT molecular complexity index is 476. The largest absolute Gasteiger partial charge is 0.464 e. The van der Waals surface area contributed by atoms with Gasteiger partial charge in [-0.25, -0.2) is 15.6 Å². The molecule has 0 saturated heterocycles. The Morgan fingerprint density at radius 3 is 2.25 bits per heavy atom. The van der Waals surface area contributed by atoms with E-state index < -0.39 is 6.09 Å². The number of hydrazine groups is 1. The summed E-state index contributed by atoms with van der Waals surface area (Å²) >= 11 is 0. The number of hydrogen-bond donors (Lipinski definition) is 2. The molecule has 1 aromatic heterocycles. The Labute approximate surface area is 92.3 Å². The number of carbonyl (C=O) groups is 1. The van der Waals surface area contributed by atoms with Crippen molar-refractivity contribution in [3.05, 3.63) is 48.8 Å². The number of benzene rings is 1. The molecule has 2 aromatic rings. The van der Waals surface area contributed by atoms with Crippen molar-refractivity contribution < 1.29 is 9.90 Å². The van der Waals surface area contributed by atoms with E-state index in [0.29, 0.717) is 10.7 Å².